The van der Waals surface area contributed by atoms with Crippen molar-refractivity contribution in [2.75, 3.05) is 0 Å². The number of hydrogen-bond donors (Lipinski definition) is 0. The number of thiophene rings is 1. The van der Waals surface area contributed by atoms with Crippen LogP contribution in [0.1, 0.15) is 46.7 Å². The quantitative estimate of drug-likeness (QED) is 0.559. The molecule has 1 heterocycles. The van der Waals surface area contributed by atoms with Crippen LogP contribution in [0.2, 0.25) is 0 Å². The maximum atomic E-state index is 12.2. The van der Waals surface area contributed by atoms with Crippen molar-refractivity contribution in [3.05, 3.63) is 55.3 Å². The molecule has 0 amide bonds. The lowest BCUT2D eigenvalue weighted by molar-refractivity contribution is 0.103. The van der Waals surface area contributed by atoms with Gasteiger partial charge in [-0.1, -0.05) is 30.7 Å². The molecule has 2 aromatic rings. The summed E-state index contributed by atoms with van der Waals surface area (Å²) in [6.07, 6.45) is 3.95. The number of carbonyl (C=O) groups excluding carboxylic acids is 1. The Morgan fingerprint density at radius 1 is 1.17 bits per heavy atom. The standard InChI is InChI=1S/C15H13IOS/c16-14-8-13(9-18-14)15(17)12-6-4-11(5-7-12)10-2-1-3-10/h4-10H,1-3H2. The predicted molar refractivity (Wildman–Crippen MR) is 83.5 cm³/mol. The smallest absolute Gasteiger partial charge is 0.193 e. The maximum Gasteiger partial charge on any atom is 0.193 e. The van der Waals surface area contributed by atoms with Gasteiger partial charge in [0.1, 0.15) is 0 Å². The summed E-state index contributed by atoms with van der Waals surface area (Å²) in [5.41, 5.74) is 2.99. The highest BCUT2D eigenvalue weighted by molar-refractivity contribution is 14.1. The van der Waals surface area contributed by atoms with Gasteiger partial charge in [0.15, 0.2) is 5.78 Å². The maximum absolute atomic E-state index is 12.2. The van der Waals surface area contributed by atoms with Crippen molar-refractivity contribution in [3.63, 3.8) is 0 Å². The molecule has 0 saturated heterocycles. The van der Waals surface area contributed by atoms with Gasteiger partial charge in [-0.3, -0.25) is 4.79 Å². The third-order valence-corrected chi connectivity index (χ3v) is 5.37. The first kappa shape index (κ1) is 12.4. The molecule has 18 heavy (non-hydrogen) atoms. The molecule has 1 saturated carbocycles. The molecule has 0 spiro atoms. The Labute approximate surface area is 124 Å². The number of halogens is 1. The molecule has 1 nitrogen and oxygen atoms in total. The van der Waals surface area contributed by atoms with Gasteiger partial charge < -0.3 is 0 Å². The van der Waals surface area contributed by atoms with Crippen LogP contribution in [0.3, 0.4) is 0 Å². The summed E-state index contributed by atoms with van der Waals surface area (Å²) in [4.78, 5) is 12.2. The minimum absolute atomic E-state index is 0.134. The van der Waals surface area contributed by atoms with E-state index in [1.54, 1.807) is 11.3 Å². The summed E-state index contributed by atoms with van der Waals surface area (Å²) in [5.74, 6) is 0.866. The summed E-state index contributed by atoms with van der Waals surface area (Å²) < 4.78 is 1.15. The highest BCUT2D eigenvalue weighted by Crippen LogP contribution is 2.36. The third-order valence-electron chi connectivity index (χ3n) is 3.58. The van der Waals surface area contributed by atoms with E-state index >= 15 is 0 Å². The van der Waals surface area contributed by atoms with Gasteiger partial charge in [0.05, 0.1) is 2.88 Å². The van der Waals surface area contributed by atoms with E-state index < -0.39 is 0 Å². The zero-order valence-electron chi connectivity index (χ0n) is 9.86. The van der Waals surface area contributed by atoms with Crippen LogP contribution < -0.4 is 0 Å². The molecule has 3 rings (SSSR count). The van der Waals surface area contributed by atoms with Crippen molar-refractivity contribution in [2.45, 2.75) is 25.2 Å². The van der Waals surface area contributed by atoms with Gasteiger partial charge in [0.2, 0.25) is 0 Å². The number of hydrogen-bond acceptors (Lipinski definition) is 2. The lowest BCUT2D eigenvalue weighted by Gasteiger charge is -2.25. The second-order valence-electron chi connectivity index (χ2n) is 4.72. The Kier molecular flexibility index (Phi) is 3.52. The van der Waals surface area contributed by atoms with Crippen molar-refractivity contribution in [1.29, 1.82) is 0 Å². The van der Waals surface area contributed by atoms with Gasteiger partial charge in [-0.15, -0.1) is 11.3 Å². The number of carbonyl (C=O) groups is 1. The second-order valence-corrected chi connectivity index (χ2v) is 7.52. The lowest BCUT2D eigenvalue weighted by Crippen LogP contribution is -2.09. The summed E-state index contributed by atoms with van der Waals surface area (Å²) in [7, 11) is 0. The van der Waals surface area contributed by atoms with Crippen molar-refractivity contribution in [1.82, 2.24) is 0 Å². The van der Waals surface area contributed by atoms with E-state index in [9.17, 15) is 4.79 Å². The molecule has 1 aliphatic carbocycles. The predicted octanol–water partition coefficient (Wildman–Crippen LogP) is 4.85. The van der Waals surface area contributed by atoms with Crippen LogP contribution in [0.15, 0.2) is 35.7 Å². The minimum Gasteiger partial charge on any atom is -0.289 e. The third kappa shape index (κ3) is 2.38. The topological polar surface area (TPSA) is 17.1 Å². The van der Waals surface area contributed by atoms with Crippen LogP contribution >= 0.6 is 33.9 Å². The SMILES string of the molecule is O=C(c1ccc(C2CCC2)cc1)c1csc(I)c1. The average molecular weight is 368 g/mol. The zero-order valence-corrected chi connectivity index (χ0v) is 12.8. The van der Waals surface area contributed by atoms with Crippen LogP contribution in [-0.4, -0.2) is 5.78 Å². The van der Waals surface area contributed by atoms with Crippen molar-refractivity contribution in [2.24, 2.45) is 0 Å². The van der Waals surface area contributed by atoms with Gasteiger partial charge in [-0.05, 0) is 53.0 Å². The fourth-order valence-electron chi connectivity index (χ4n) is 2.24. The highest BCUT2D eigenvalue weighted by atomic mass is 127. The summed E-state index contributed by atoms with van der Waals surface area (Å²) in [5, 5.41) is 1.93. The Hall–Kier alpha value is -0.680. The fraction of sp³-hybridized carbons (Fsp3) is 0.267. The van der Waals surface area contributed by atoms with E-state index in [0.717, 1.165) is 19.9 Å². The van der Waals surface area contributed by atoms with Crippen molar-refractivity contribution in [3.8, 4) is 0 Å². The van der Waals surface area contributed by atoms with Gasteiger partial charge in [-0.25, -0.2) is 0 Å². The number of ketones is 1. The fourth-order valence-corrected chi connectivity index (χ4v) is 3.57. The molecule has 3 heteroatoms. The van der Waals surface area contributed by atoms with Crippen LogP contribution in [0.4, 0.5) is 0 Å². The van der Waals surface area contributed by atoms with Gasteiger partial charge in [0, 0.05) is 16.5 Å². The van der Waals surface area contributed by atoms with Gasteiger partial charge >= 0.3 is 0 Å². The lowest BCUT2D eigenvalue weighted by atomic mass is 9.80. The summed E-state index contributed by atoms with van der Waals surface area (Å²) in [6.45, 7) is 0. The first-order valence-corrected chi connectivity index (χ1v) is 8.08. The molecule has 1 aromatic heterocycles. The molecule has 0 atom stereocenters. The molecule has 92 valence electrons. The van der Waals surface area contributed by atoms with Crippen molar-refractivity contribution >= 4 is 39.7 Å². The Bertz CT molecular complexity index is 566. The Balaban J connectivity index is 1.81. The Morgan fingerprint density at radius 3 is 2.39 bits per heavy atom. The van der Waals surface area contributed by atoms with Gasteiger partial charge in [-0.2, -0.15) is 0 Å². The molecule has 1 aliphatic rings. The molecule has 0 N–H and O–H groups in total. The molecule has 0 aliphatic heterocycles. The van der Waals surface area contributed by atoms with Crippen LogP contribution in [0, 0.1) is 2.88 Å². The summed E-state index contributed by atoms with van der Waals surface area (Å²) in [6, 6.07) is 10.1. The molecular formula is C15H13IOS. The van der Waals surface area contributed by atoms with E-state index in [0.29, 0.717) is 0 Å². The highest BCUT2D eigenvalue weighted by Gasteiger charge is 2.19. The largest absolute Gasteiger partial charge is 0.289 e. The first-order chi connectivity index (χ1) is 8.74. The van der Waals surface area contributed by atoms with E-state index in [-0.39, 0.29) is 5.78 Å². The zero-order chi connectivity index (χ0) is 12.5. The molecule has 0 unspecified atom stereocenters. The minimum atomic E-state index is 0.134. The molecule has 1 fully saturated rings. The van der Waals surface area contributed by atoms with Gasteiger partial charge in [0.25, 0.3) is 0 Å². The van der Waals surface area contributed by atoms with Crippen LogP contribution in [0.5, 0.6) is 0 Å². The monoisotopic (exact) mass is 368 g/mol. The number of rotatable bonds is 3. The normalized spacial score (nSPS) is 15.4. The van der Waals surface area contributed by atoms with E-state index in [4.69, 9.17) is 0 Å². The van der Waals surface area contributed by atoms with E-state index in [1.807, 2.05) is 23.6 Å². The van der Waals surface area contributed by atoms with Crippen LogP contribution in [0.25, 0.3) is 0 Å². The number of benzene rings is 1. The van der Waals surface area contributed by atoms with Crippen molar-refractivity contribution < 1.29 is 4.79 Å². The summed E-state index contributed by atoms with van der Waals surface area (Å²) >= 11 is 3.86. The average Bonchev–Trinajstić information content (AvgIpc) is 2.74. The van der Waals surface area contributed by atoms with E-state index in [2.05, 4.69) is 34.7 Å². The molecule has 0 radical (unpaired) electrons. The van der Waals surface area contributed by atoms with E-state index in [1.165, 1.54) is 24.8 Å². The van der Waals surface area contributed by atoms with Crippen LogP contribution in [-0.2, 0) is 0 Å². The molecule has 1 aromatic carbocycles. The Morgan fingerprint density at radius 2 is 1.89 bits per heavy atom. The molecular weight excluding hydrogens is 355 g/mol. The first-order valence-electron chi connectivity index (χ1n) is 6.13. The second kappa shape index (κ2) is 5.13. The molecule has 0 bridgehead atoms.